The first-order valence-electron chi connectivity index (χ1n) is 14.6. The predicted octanol–water partition coefficient (Wildman–Crippen LogP) is 6.45. The molecule has 0 aromatic heterocycles. The van der Waals surface area contributed by atoms with Gasteiger partial charge in [-0.2, -0.15) is 0 Å². The normalized spacial score (nSPS) is 14.8. The molecule has 0 bridgehead atoms. The Kier molecular flexibility index (Phi) is 9.52. The minimum Gasteiger partial charge on any atom is -0.352 e. The van der Waals surface area contributed by atoms with Crippen molar-refractivity contribution in [2.45, 2.75) is 63.1 Å². The predicted molar refractivity (Wildman–Crippen MR) is 174 cm³/mol. The molecule has 2 atom stereocenters. The summed E-state index contributed by atoms with van der Waals surface area (Å²) in [5.41, 5.74) is 2.49. The lowest BCUT2D eigenvalue weighted by atomic mass is 10.0. The number of nitrogens with zero attached hydrogens (tertiary/aromatic N) is 2. The zero-order valence-electron chi connectivity index (χ0n) is 24.4. The lowest BCUT2D eigenvalue weighted by molar-refractivity contribution is -0.141. The van der Waals surface area contributed by atoms with Crippen LogP contribution in [0.25, 0.3) is 10.8 Å². The van der Waals surface area contributed by atoms with Crippen LogP contribution >= 0.6 is 15.9 Å². The second-order valence-corrected chi connectivity index (χ2v) is 13.7. The van der Waals surface area contributed by atoms with Gasteiger partial charge in [-0.3, -0.25) is 13.9 Å². The summed E-state index contributed by atoms with van der Waals surface area (Å²) in [6.45, 7) is 4.38. The number of carbonyl (C=O) groups excluding carboxylic acids is 2. The molecule has 2 amide bonds. The number of anilines is 1. The Morgan fingerprint density at radius 1 is 0.907 bits per heavy atom. The van der Waals surface area contributed by atoms with Gasteiger partial charge in [-0.1, -0.05) is 89.6 Å². The Bertz CT molecular complexity index is 1710. The standard InChI is InChI=1S/C34H36BrN3O4S/c1-3-24(2)36-34(40)30(22-25-10-5-4-6-11-25)37(23-26-17-19-28(35)20-18-26)32(39)16-9-21-38-29-14-7-12-27-13-8-15-31(33(27)29)43(38,41)42/h4-8,10-15,17-20,24,30H,3,9,16,21-23H2,1-2H3,(H,36,40)/t24-,30-/m1/s1. The fourth-order valence-electron chi connectivity index (χ4n) is 5.50. The highest BCUT2D eigenvalue weighted by Crippen LogP contribution is 2.42. The zero-order valence-corrected chi connectivity index (χ0v) is 26.8. The number of carbonyl (C=O) groups is 2. The Balaban J connectivity index is 1.40. The maximum absolute atomic E-state index is 14.0. The molecule has 0 spiro atoms. The number of halogens is 1. The van der Waals surface area contributed by atoms with Crippen LogP contribution < -0.4 is 9.62 Å². The third-order valence-electron chi connectivity index (χ3n) is 7.97. The van der Waals surface area contributed by atoms with Gasteiger partial charge in [0.05, 0.1) is 10.6 Å². The van der Waals surface area contributed by atoms with Gasteiger partial charge in [0.25, 0.3) is 10.0 Å². The highest BCUT2D eigenvalue weighted by Gasteiger charge is 2.36. The highest BCUT2D eigenvalue weighted by atomic mass is 79.9. The third kappa shape index (κ3) is 6.78. The molecular formula is C34H36BrN3O4S. The van der Waals surface area contributed by atoms with Crippen LogP contribution in [-0.4, -0.2) is 43.8 Å². The van der Waals surface area contributed by atoms with Crippen LogP contribution in [0.4, 0.5) is 5.69 Å². The van der Waals surface area contributed by atoms with E-state index in [4.69, 9.17) is 0 Å². The summed E-state index contributed by atoms with van der Waals surface area (Å²) in [6.07, 6.45) is 1.54. The van der Waals surface area contributed by atoms with Gasteiger partial charge in [0, 0.05) is 41.8 Å². The van der Waals surface area contributed by atoms with Crippen molar-refractivity contribution in [2.24, 2.45) is 0 Å². The number of sulfonamides is 1. The van der Waals surface area contributed by atoms with Crippen LogP contribution in [0.15, 0.2) is 100 Å². The number of benzene rings is 4. The van der Waals surface area contributed by atoms with Crippen LogP contribution in [0.2, 0.25) is 0 Å². The van der Waals surface area contributed by atoms with E-state index in [9.17, 15) is 18.0 Å². The van der Waals surface area contributed by atoms with Gasteiger partial charge in [0.15, 0.2) is 0 Å². The maximum atomic E-state index is 14.0. The molecule has 0 saturated carbocycles. The summed E-state index contributed by atoms with van der Waals surface area (Å²) < 4.78 is 29.2. The molecule has 1 aliphatic heterocycles. The Labute approximate surface area is 262 Å². The maximum Gasteiger partial charge on any atom is 0.265 e. The van der Waals surface area contributed by atoms with Gasteiger partial charge in [-0.25, -0.2) is 8.42 Å². The molecular weight excluding hydrogens is 626 g/mol. The number of amides is 2. The summed E-state index contributed by atoms with van der Waals surface area (Å²) >= 11 is 3.47. The summed E-state index contributed by atoms with van der Waals surface area (Å²) in [6, 6.07) is 27.5. The first-order valence-corrected chi connectivity index (χ1v) is 16.8. The molecule has 7 nitrogen and oxygen atoms in total. The van der Waals surface area contributed by atoms with Crippen LogP contribution in [0.1, 0.15) is 44.2 Å². The van der Waals surface area contributed by atoms with Gasteiger partial charge in [-0.05, 0) is 60.5 Å². The van der Waals surface area contributed by atoms with Crippen molar-refractivity contribution in [2.75, 3.05) is 10.8 Å². The quantitative estimate of drug-likeness (QED) is 0.189. The molecule has 43 heavy (non-hydrogen) atoms. The highest BCUT2D eigenvalue weighted by molar-refractivity contribution is 9.10. The zero-order chi connectivity index (χ0) is 30.6. The van der Waals surface area contributed by atoms with Gasteiger partial charge >= 0.3 is 0 Å². The van der Waals surface area contributed by atoms with Gasteiger partial charge in [-0.15, -0.1) is 0 Å². The Morgan fingerprint density at radius 2 is 1.60 bits per heavy atom. The van der Waals surface area contributed by atoms with Gasteiger partial charge in [0.2, 0.25) is 11.8 Å². The molecule has 0 unspecified atom stereocenters. The van der Waals surface area contributed by atoms with Crippen molar-refractivity contribution in [3.8, 4) is 0 Å². The number of rotatable bonds is 12. The SMILES string of the molecule is CC[C@@H](C)NC(=O)[C@@H](Cc1ccccc1)N(Cc1ccc(Br)cc1)C(=O)CCCN1c2cccc3cccc(c23)S1(=O)=O. The number of nitrogens with one attached hydrogen (secondary N) is 1. The van der Waals surface area contributed by atoms with Crippen LogP contribution in [0.3, 0.4) is 0 Å². The molecule has 1 heterocycles. The van der Waals surface area contributed by atoms with E-state index in [1.165, 1.54) is 4.31 Å². The van der Waals surface area contributed by atoms with Gasteiger partial charge in [0.1, 0.15) is 6.04 Å². The monoisotopic (exact) mass is 661 g/mol. The minimum atomic E-state index is -3.72. The van der Waals surface area contributed by atoms with Crippen molar-refractivity contribution in [3.63, 3.8) is 0 Å². The average Bonchev–Trinajstić information content (AvgIpc) is 3.23. The second-order valence-electron chi connectivity index (χ2n) is 11.0. The van der Waals surface area contributed by atoms with Gasteiger partial charge < -0.3 is 10.2 Å². The number of hydrogen-bond acceptors (Lipinski definition) is 4. The molecule has 4 aromatic carbocycles. The summed E-state index contributed by atoms with van der Waals surface area (Å²) in [5, 5.41) is 4.67. The molecule has 0 fully saturated rings. The van der Waals surface area contributed by atoms with Crippen LogP contribution in [0, 0.1) is 0 Å². The molecule has 4 aromatic rings. The summed E-state index contributed by atoms with van der Waals surface area (Å²) in [5.74, 6) is -0.400. The molecule has 0 saturated heterocycles. The summed E-state index contributed by atoms with van der Waals surface area (Å²) in [4.78, 5) is 29.7. The Hall–Kier alpha value is -3.69. The van der Waals surface area contributed by atoms with E-state index in [0.717, 1.165) is 32.8 Å². The third-order valence-corrected chi connectivity index (χ3v) is 10.4. The van der Waals surface area contributed by atoms with Crippen LogP contribution in [-0.2, 0) is 32.6 Å². The van der Waals surface area contributed by atoms with Crippen molar-refractivity contribution in [3.05, 3.63) is 107 Å². The van der Waals surface area contributed by atoms with Crippen molar-refractivity contribution >= 4 is 54.2 Å². The first-order chi connectivity index (χ1) is 20.7. The van der Waals surface area contributed by atoms with E-state index in [1.807, 2.05) is 92.7 Å². The van der Waals surface area contributed by atoms with E-state index < -0.39 is 16.1 Å². The lowest BCUT2D eigenvalue weighted by Crippen LogP contribution is -2.52. The first kappa shape index (κ1) is 30.8. The Morgan fingerprint density at radius 3 is 2.30 bits per heavy atom. The average molecular weight is 663 g/mol. The van der Waals surface area contributed by atoms with Crippen molar-refractivity contribution in [1.82, 2.24) is 10.2 Å². The molecule has 0 aliphatic carbocycles. The minimum absolute atomic E-state index is 0.0416. The molecule has 0 radical (unpaired) electrons. The summed E-state index contributed by atoms with van der Waals surface area (Å²) in [7, 11) is -3.72. The largest absolute Gasteiger partial charge is 0.352 e. The second kappa shape index (κ2) is 13.3. The molecule has 5 rings (SSSR count). The topological polar surface area (TPSA) is 86.8 Å². The molecule has 1 N–H and O–H groups in total. The van der Waals surface area contributed by atoms with Crippen LogP contribution in [0.5, 0.6) is 0 Å². The fourth-order valence-corrected chi connectivity index (χ4v) is 7.51. The molecule has 9 heteroatoms. The van der Waals surface area contributed by atoms with Crippen molar-refractivity contribution in [1.29, 1.82) is 0 Å². The van der Waals surface area contributed by atoms with E-state index in [1.54, 1.807) is 17.0 Å². The lowest BCUT2D eigenvalue weighted by Gasteiger charge is -2.32. The van der Waals surface area contributed by atoms with Crippen molar-refractivity contribution < 1.29 is 18.0 Å². The molecule has 1 aliphatic rings. The van der Waals surface area contributed by atoms with E-state index in [0.29, 0.717) is 23.4 Å². The van der Waals surface area contributed by atoms with E-state index >= 15 is 0 Å². The van der Waals surface area contributed by atoms with E-state index in [2.05, 4.69) is 21.2 Å². The fraction of sp³-hybridized carbons (Fsp3) is 0.294. The molecule has 224 valence electrons. The smallest absolute Gasteiger partial charge is 0.265 e. The van der Waals surface area contributed by atoms with E-state index in [-0.39, 0.29) is 37.4 Å². The number of hydrogen-bond donors (Lipinski definition) is 1.